The highest BCUT2D eigenvalue weighted by atomic mass is 32.1. The van der Waals surface area contributed by atoms with Gasteiger partial charge in [0, 0.05) is 36.6 Å². The second kappa shape index (κ2) is 9.43. The zero-order chi connectivity index (χ0) is 29.5. The van der Waals surface area contributed by atoms with Crippen LogP contribution in [0.1, 0.15) is 0 Å². The van der Waals surface area contributed by atoms with E-state index in [9.17, 15) is 0 Å². The van der Waals surface area contributed by atoms with Crippen molar-refractivity contribution in [2.24, 2.45) is 0 Å². The first kappa shape index (κ1) is 24.8. The highest BCUT2D eigenvalue weighted by molar-refractivity contribution is 7.25. The minimum Gasteiger partial charge on any atom is -0.454 e. The van der Waals surface area contributed by atoms with E-state index in [-0.39, 0.29) is 0 Å². The van der Waals surface area contributed by atoms with Gasteiger partial charge in [0.2, 0.25) is 0 Å². The highest BCUT2D eigenvalue weighted by Crippen LogP contribution is 2.41. The second-order valence-electron chi connectivity index (χ2n) is 11.8. The molecule has 3 heterocycles. The van der Waals surface area contributed by atoms with Crippen molar-refractivity contribution in [2.75, 3.05) is 0 Å². The van der Waals surface area contributed by atoms with Crippen molar-refractivity contribution in [2.45, 2.75) is 0 Å². The summed E-state index contributed by atoms with van der Waals surface area (Å²) in [7, 11) is 0. The third kappa shape index (κ3) is 3.75. The molecular formula is C42H25NOS. The first-order valence-corrected chi connectivity index (χ1v) is 16.1. The standard InChI is InChI=1S/C42H25NOS/c1-2-10-32(11-3-1)43-37-13-7-6-12-34(37)42-41(43)35-21-19-30(23-38(35)44-42)26-14-16-27(17-15-26)31-18-20-33-36-22-28-8-4-5-9-29(28)24-40(36)45-39(33)25-31/h1-25H. The molecule has 0 unspecified atom stereocenters. The molecule has 2 nitrogen and oxygen atoms in total. The van der Waals surface area contributed by atoms with Gasteiger partial charge in [-0.15, -0.1) is 11.3 Å². The van der Waals surface area contributed by atoms with Gasteiger partial charge < -0.3 is 8.98 Å². The summed E-state index contributed by atoms with van der Waals surface area (Å²) in [6.07, 6.45) is 0. The van der Waals surface area contributed by atoms with Gasteiger partial charge >= 0.3 is 0 Å². The molecule has 3 aromatic heterocycles. The molecule has 0 aliphatic carbocycles. The maximum absolute atomic E-state index is 6.59. The molecular weight excluding hydrogens is 567 g/mol. The minimum absolute atomic E-state index is 0.903. The van der Waals surface area contributed by atoms with Crippen molar-refractivity contribution in [1.82, 2.24) is 4.57 Å². The Bertz CT molecular complexity index is 2740. The van der Waals surface area contributed by atoms with E-state index in [4.69, 9.17) is 4.42 Å². The summed E-state index contributed by atoms with van der Waals surface area (Å²) in [4.78, 5) is 0. The molecule has 0 bridgehead atoms. The van der Waals surface area contributed by atoms with Crippen LogP contribution in [0.5, 0.6) is 0 Å². The molecule has 10 aromatic rings. The molecule has 0 aliphatic heterocycles. The quantitative estimate of drug-likeness (QED) is 0.200. The third-order valence-electron chi connectivity index (χ3n) is 9.18. The van der Waals surface area contributed by atoms with Gasteiger partial charge in [0.25, 0.3) is 0 Å². The molecule has 0 N–H and O–H groups in total. The average Bonchev–Trinajstić information content (AvgIpc) is 3.75. The van der Waals surface area contributed by atoms with Gasteiger partial charge in [0.05, 0.1) is 5.52 Å². The number of nitrogens with zero attached hydrogens (tertiary/aromatic N) is 1. The van der Waals surface area contributed by atoms with Crippen LogP contribution in [0.25, 0.3) is 91.9 Å². The van der Waals surface area contributed by atoms with Crippen LogP contribution in [0, 0.1) is 0 Å². The second-order valence-corrected chi connectivity index (χ2v) is 12.8. The van der Waals surface area contributed by atoms with E-state index in [1.807, 2.05) is 11.3 Å². The molecule has 0 amide bonds. The van der Waals surface area contributed by atoms with Crippen molar-refractivity contribution in [3.63, 3.8) is 0 Å². The lowest BCUT2D eigenvalue weighted by Gasteiger charge is -2.08. The van der Waals surface area contributed by atoms with E-state index in [1.165, 1.54) is 47.6 Å². The topological polar surface area (TPSA) is 18.1 Å². The van der Waals surface area contributed by atoms with Crippen LogP contribution >= 0.6 is 11.3 Å². The van der Waals surface area contributed by atoms with Gasteiger partial charge in [-0.1, -0.05) is 97.1 Å². The number of hydrogen-bond donors (Lipinski definition) is 0. The smallest absolute Gasteiger partial charge is 0.161 e. The van der Waals surface area contributed by atoms with Crippen molar-refractivity contribution in [3.05, 3.63) is 152 Å². The van der Waals surface area contributed by atoms with Crippen LogP contribution in [0.2, 0.25) is 0 Å². The Kier molecular flexibility index (Phi) is 5.19. The molecule has 7 aromatic carbocycles. The van der Waals surface area contributed by atoms with Crippen molar-refractivity contribution in [1.29, 1.82) is 0 Å². The first-order chi connectivity index (χ1) is 22.3. The Morgan fingerprint density at radius 3 is 1.87 bits per heavy atom. The van der Waals surface area contributed by atoms with Gasteiger partial charge in [0.15, 0.2) is 5.58 Å². The lowest BCUT2D eigenvalue weighted by Crippen LogP contribution is -1.92. The van der Waals surface area contributed by atoms with E-state index in [0.717, 1.165) is 44.2 Å². The predicted octanol–water partition coefficient (Wildman–Crippen LogP) is 12.4. The molecule has 3 heteroatoms. The van der Waals surface area contributed by atoms with Crippen molar-refractivity contribution < 1.29 is 4.42 Å². The Labute approximate surface area is 263 Å². The largest absolute Gasteiger partial charge is 0.454 e. The first-order valence-electron chi connectivity index (χ1n) is 15.3. The molecule has 45 heavy (non-hydrogen) atoms. The zero-order valence-corrected chi connectivity index (χ0v) is 25.0. The maximum Gasteiger partial charge on any atom is 0.161 e. The average molecular weight is 592 g/mol. The molecule has 210 valence electrons. The van der Waals surface area contributed by atoms with Crippen LogP contribution < -0.4 is 0 Å². The van der Waals surface area contributed by atoms with Crippen LogP contribution in [-0.4, -0.2) is 4.57 Å². The fourth-order valence-electron chi connectivity index (χ4n) is 6.99. The Morgan fingerprint density at radius 1 is 0.444 bits per heavy atom. The molecule has 0 saturated heterocycles. The number of furan rings is 1. The lowest BCUT2D eigenvalue weighted by atomic mass is 9.99. The van der Waals surface area contributed by atoms with Gasteiger partial charge in [-0.3, -0.25) is 0 Å². The number of hydrogen-bond acceptors (Lipinski definition) is 2. The van der Waals surface area contributed by atoms with E-state index in [1.54, 1.807) is 0 Å². The van der Waals surface area contributed by atoms with Crippen LogP contribution in [0.15, 0.2) is 156 Å². The summed E-state index contributed by atoms with van der Waals surface area (Å²) in [5.74, 6) is 0. The molecule has 0 aliphatic rings. The number of fused-ring (bicyclic) bond motifs is 9. The van der Waals surface area contributed by atoms with E-state index >= 15 is 0 Å². The van der Waals surface area contributed by atoms with Gasteiger partial charge in [-0.25, -0.2) is 0 Å². The highest BCUT2D eigenvalue weighted by Gasteiger charge is 2.19. The molecule has 0 saturated carbocycles. The fourth-order valence-corrected chi connectivity index (χ4v) is 8.17. The van der Waals surface area contributed by atoms with Gasteiger partial charge in [-0.05, 0) is 87.6 Å². The molecule has 0 atom stereocenters. The summed E-state index contributed by atoms with van der Waals surface area (Å²) < 4.78 is 11.6. The zero-order valence-electron chi connectivity index (χ0n) is 24.2. The van der Waals surface area contributed by atoms with Crippen LogP contribution in [-0.2, 0) is 0 Å². The summed E-state index contributed by atoms with van der Waals surface area (Å²) in [5, 5.41) is 7.50. The normalized spacial score (nSPS) is 12.0. The van der Waals surface area contributed by atoms with E-state index < -0.39 is 0 Å². The molecule has 10 rings (SSSR count). The number of thiophene rings is 1. The van der Waals surface area contributed by atoms with E-state index in [2.05, 4.69) is 156 Å². The molecule has 0 radical (unpaired) electrons. The Balaban J connectivity index is 1.04. The summed E-state index contributed by atoms with van der Waals surface area (Å²) in [5.41, 5.74) is 10.0. The van der Waals surface area contributed by atoms with Crippen LogP contribution in [0.3, 0.4) is 0 Å². The number of benzene rings is 7. The van der Waals surface area contributed by atoms with Gasteiger partial charge in [0.1, 0.15) is 11.1 Å². The SMILES string of the molecule is c1ccc(-n2c3ccccc3c3oc4cc(-c5ccc(-c6ccc7c(c6)sc6cc8ccccc8cc67)cc5)ccc4c32)cc1. The van der Waals surface area contributed by atoms with E-state index in [0.29, 0.717) is 0 Å². The molecule has 0 spiro atoms. The van der Waals surface area contributed by atoms with Crippen LogP contribution in [0.4, 0.5) is 0 Å². The summed E-state index contributed by atoms with van der Waals surface area (Å²) >= 11 is 1.88. The van der Waals surface area contributed by atoms with Gasteiger partial charge in [-0.2, -0.15) is 0 Å². The van der Waals surface area contributed by atoms with Crippen molar-refractivity contribution >= 4 is 75.3 Å². The Hall–Kier alpha value is -5.64. The predicted molar refractivity (Wildman–Crippen MR) is 192 cm³/mol. The lowest BCUT2D eigenvalue weighted by molar-refractivity contribution is 0.673. The third-order valence-corrected chi connectivity index (χ3v) is 10.3. The Morgan fingerprint density at radius 2 is 1.07 bits per heavy atom. The monoisotopic (exact) mass is 591 g/mol. The maximum atomic E-state index is 6.59. The number of para-hydroxylation sites is 2. The number of aromatic nitrogens is 1. The molecule has 0 fully saturated rings. The minimum atomic E-state index is 0.903. The van der Waals surface area contributed by atoms with Crippen molar-refractivity contribution in [3.8, 4) is 27.9 Å². The summed E-state index contributed by atoms with van der Waals surface area (Å²) in [6, 6.07) is 54.7. The number of rotatable bonds is 3. The fraction of sp³-hybridized carbons (Fsp3) is 0. The summed E-state index contributed by atoms with van der Waals surface area (Å²) in [6.45, 7) is 0.